The van der Waals surface area contributed by atoms with Crippen LogP contribution in [0.4, 0.5) is 0 Å². The molecular formula is C22H22N4O2. The maximum Gasteiger partial charge on any atom is 0.276 e. The predicted molar refractivity (Wildman–Crippen MR) is 109 cm³/mol. The van der Waals surface area contributed by atoms with Crippen molar-refractivity contribution in [3.05, 3.63) is 82.9 Å². The number of carbonyl (C=O) groups is 1. The Bertz CT molecular complexity index is 1180. The Hall–Kier alpha value is -3.41. The minimum Gasteiger partial charge on any atom is -0.352 e. The summed E-state index contributed by atoms with van der Waals surface area (Å²) in [7, 11) is 0. The second kappa shape index (κ2) is 7.68. The number of carbonyl (C=O) groups excluding carboxylic acids is 1. The van der Waals surface area contributed by atoms with Crippen molar-refractivity contribution in [2.75, 3.05) is 0 Å². The monoisotopic (exact) mass is 374 g/mol. The van der Waals surface area contributed by atoms with Gasteiger partial charge in [0, 0.05) is 18.4 Å². The number of amides is 1. The number of nitrogens with one attached hydrogen (secondary N) is 1. The highest BCUT2D eigenvalue weighted by Gasteiger charge is 2.15. The maximum absolute atomic E-state index is 12.9. The summed E-state index contributed by atoms with van der Waals surface area (Å²) in [5.74, 6) is -0.189. The van der Waals surface area contributed by atoms with E-state index in [9.17, 15) is 9.59 Å². The quantitative estimate of drug-likeness (QED) is 0.564. The number of aryl methyl sites for hydroxylation is 1. The fourth-order valence-corrected chi connectivity index (χ4v) is 3.49. The Morgan fingerprint density at radius 3 is 2.68 bits per heavy atom. The van der Waals surface area contributed by atoms with Crippen molar-refractivity contribution in [1.29, 1.82) is 0 Å². The molecule has 4 aromatic rings. The van der Waals surface area contributed by atoms with E-state index >= 15 is 0 Å². The maximum atomic E-state index is 12.9. The van der Waals surface area contributed by atoms with E-state index in [0.29, 0.717) is 11.2 Å². The molecule has 0 spiro atoms. The van der Waals surface area contributed by atoms with Gasteiger partial charge in [-0.2, -0.15) is 0 Å². The Kier molecular flexibility index (Phi) is 4.93. The van der Waals surface area contributed by atoms with Crippen LogP contribution in [-0.4, -0.2) is 25.9 Å². The van der Waals surface area contributed by atoms with Gasteiger partial charge in [-0.3, -0.25) is 14.2 Å². The van der Waals surface area contributed by atoms with E-state index in [4.69, 9.17) is 0 Å². The first-order valence-electron chi connectivity index (χ1n) is 9.41. The zero-order valence-electron chi connectivity index (χ0n) is 15.7. The Balaban J connectivity index is 1.52. The van der Waals surface area contributed by atoms with Crippen molar-refractivity contribution in [2.45, 2.75) is 32.4 Å². The lowest BCUT2D eigenvalue weighted by Crippen LogP contribution is -2.38. The van der Waals surface area contributed by atoms with Crippen LogP contribution in [0.1, 0.15) is 18.9 Å². The minimum absolute atomic E-state index is 0.0136. The first-order chi connectivity index (χ1) is 13.6. The predicted octanol–water partition coefficient (Wildman–Crippen LogP) is 2.79. The molecule has 4 rings (SSSR count). The fourth-order valence-electron chi connectivity index (χ4n) is 3.49. The topological polar surface area (TPSA) is 68.4 Å². The zero-order valence-corrected chi connectivity index (χ0v) is 15.7. The summed E-state index contributed by atoms with van der Waals surface area (Å²) < 4.78 is 3.26. The molecule has 0 aliphatic heterocycles. The standard InChI is InChI=1S/C22H22N4O2/c1-16(11-12-17-7-3-2-4-8-17)24-20(27)15-26-21-18(9-5-13-23-21)25-14-6-10-19(25)22(26)28/h2-10,13-14,16H,11-12,15H2,1H3,(H,24,27). The third-order valence-corrected chi connectivity index (χ3v) is 4.91. The molecule has 28 heavy (non-hydrogen) atoms. The number of hydrogen-bond acceptors (Lipinski definition) is 3. The van der Waals surface area contributed by atoms with Gasteiger partial charge in [0.1, 0.15) is 12.1 Å². The van der Waals surface area contributed by atoms with E-state index in [1.54, 1.807) is 12.3 Å². The third-order valence-electron chi connectivity index (χ3n) is 4.91. The van der Waals surface area contributed by atoms with Gasteiger partial charge < -0.3 is 9.72 Å². The first kappa shape index (κ1) is 18.0. The Morgan fingerprint density at radius 2 is 1.86 bits per heavy atom. The molecule has 1 aromatic carbocycles. The summed E-state index contributed by atoms with van der Waals surface area (Å²) in [5.41, 5.74) is 2.86. The van der Waals surface area contributed by atoms with E-state index in [1.807, 2.05) is 53.9 Å². The Labute approximate surface area is 162 Å². The van der Waals surface area contributed by atoms with Gasteiger partial charge in [0.25, 0.3) is 5.56 Å². The molecule has 0 aliphatic rings. The number of nitrogens with zero attached hydrogens (tertiary/aromatic N) is 3. The molecule has 0 saturated carbocycles. The van der Waals surface area contributed by atoms with Crippen molar-refractivity contribution < 1.29 is 4.79 Å². The van der Waals surface area contributed by atoms with Gasteiger partial charge in [0.2, 0.25) is 5.91 Å². The van der Waals surface area contributed by atoms with Crippen LogP contribution in [0.25, 0.3) is 16.7 Å². The van der Waals surface area contributed by atoms with Gasteiger partial charge in [-0.05, 0) is 49.6 Å². The minimum atomic E-state index is -0.219. The average Bonchev–Trinajstić information content (AvgIpc) is 3.21. The van der Waals surface area contributed by atoms with Crippen molar-refractivity contribution in [1.82, 2.24) is 19.3 Å². The van der Waals surface area contributed by atoms with E-state index in [-0.39, 0.29) is 24.1 Å². The summed E-state index contributed by atoms with van der Waals surface area (Å²) in [4.78, 5) is 29.8. The van der Waals surface area contributed by atoms with E-state index in [0.717, 1.165) is 18.4 Å². The molecule has 1 unspecified atom stereocenters. The van der Waals surface area contributed by atoms with Crippen LogP contribution >= 0.6 is 0 Å². The van der Waals surface area contributed by atoms with Gasteiger partial charge in [0.15, 0.2) is 5.65 Å². The molecule has 0 fully saturated rings. The van der Waals surface area contributed by atoms with Gasteiger partial charge in [-0.1, -0.05) is 30.3 Å². The van der Waals surface area contributed by atoms with Crippen molar-refractivity contribution in [2.24, 2.45) is 0 Å². The molecule has 3 aromatic heterocycles. The molecular weight excluding hydrogens is 352 g/mol. The number of aromatic nitrogens is 3. The highest BCUT2D eigenvalue weighted by atomic mass is 16.2. The summed E-state index contributed by atoms with van der Waals surface area (Å²) in [6, 6.07) is 17.5. The van der Waals surface area contributed by atoms with Gasteiger partial charge in [-0.15, -0.1) is 0 Å². The van der Waals surface area contributed by atoms with Gasteiger partial charge >= 0.3 is 0 Å². The van der Waals surface area contributed by atoms with Crippen LogP contribution in [0.5, 0.6) is 0 Å². The largest absolute Gasteiger partial charge is 0.352 e. The van der Waals surface area contributed by atoms with Crippen molar-refractivity contribution >= 4 is 22.6 Å². The van der Waals surface area contributed by atoms with E-state index in [1.165, 1.54) is 10.1 Å². The molecule has 1 amide bonds. The first-order valence-corrected chi connectivity index (χ1v) is 9.41. The second-order valence-electron chi connectivity index (χ2n) is 6.99. The number of hydrogen-bond donors (Lipinski definition) is 1. The number of pyridine rings is 1. The zero-order chi connectivity index (χ0) is 19.5. The highest BCUT2D eigenvalue weighted by molar-refractivity contribution is 5.80. The lowest BCUT2D eigenvalue weighted by atomic mass is 10.1. The molecule has 0 bridgehead atoms. The Morgan fingerprint density at radius 1 is 1.07 bits per heavy atom. The number of fused-ring (bicyclic) bond motifs is 3. The highest BCUT2D eigenvalue weighted by Crippen LogP contribution is 2.12. The van der Waals surface area contributed by atoms with E-state index < -0.39 is 0 Å². The van der Waals surface area contributed by atoms with Crippen LogP contribution in [0.2, 0.25) is 0 Å². The van der Waals surface area contributed by atoms with E-state index in [2.05, 4.69) is 22.4 Å². The average molecular weight is 374 g/mol. The molecule has 0 radical (unpaired) electrons. The van der Waals surface area contributed by atoms with Crippen LogP contribution in [-0.2, 0) is 17.8 Å². The summed E-state index contributed by atoms with van der Waals surface area (Å²) >= 11 is 0. The molecule has 6 heteroatoms. The molecule has 6 nitrogen and oxygen atoms in total. The molecule has 1 atom stereocenters. The second-order valence-corrected chi connectivity index (χ2v) is 6.99. The van der Waals surface area contributed by atoms with Gasteiger partial charge in [0.05, 0.1) is 5.52 Å². The third kappa shape index (κ3) is 3.53. The lowest BCUT2D eigenvalue weighted by molar-refractivity contribution is -0.122. The summed E-state index contributed by atoms with van der Waals surface area (Å²) in [6.07, 6.45) is 5.19. The molecule has 142 valence electrons. The molecule has 0 aliphatic carbocycles. The fraction of sp³-hybridized carbons (Fsp3) is 0.227. The smallest absolute Gasteiger partial charge is 0.276 e. The van der Waals surface area contributed by atoms with Crippen LogP contribution < -0.4 is 10.9 Å². The molecule has 0 saturated heterocycles. The summed E-state index contributed by atoms with van der Waals surface area (Å²) in [5, 5.41) is 3.00. The lowest BCUT2D eigenvalue weighted by Gasteiger charge is -2.16. The summed E-state index contributed by atoms with van der Waals surface area (Å²) in [6.45, 7) is 1.93. The molecule has 1 N–H and O–H groups in total. The molecule has 3 heterocycles. The SMILES string of the molecule is CC(CCc1ccccc1)NC(=O)Cn1c(=O)c2cccn2c2cccnc21. The normalized spacial score (nSPS) is 12.3. The van der Waals surface area contributed by atoms with Crippen molar-refractivity contribution in [3.8, 4) is 0 Å². The van der Waals surface area contributed by atoms with Crippen LogP contribution in [0.15, 0.2) is 71.8 Å². The van der Waals surface area contributed by atoms with Gasteiger partial charge in [-0.25, -0.2) is 4.98 Å². The number of benzene rings is 1. The number of rotatable bonds is 6. The van der Waals surface area contributed by atoms with Crippen molar-refractivity contribution in [3.63, 3.8) is 0 Å². The van der Waals surface area contributed by atoms with Crippen LogP contribution in [0, 0.1) is 0 Å². The van der Waals surface area contributed by atoms with Crippen LogP contribution in [0.3, 0.4) is 0 Å².